The highest BCUT2D eigenvalue weighted by Crippen LogP contribution is 2.30. The molecule has 2 nitrogen and oxygen atoms in total. The highest BCUT2D eigenvalue weighted by molar-refractivity contribution is 9.10. The summed E-state index contributed by atoms with van der Waals surface area (Å²) in [6.45, 7) is 2.57. The maximum Gasteiger partial charge on any atom is 0.141 e. The molecular weight excluding hydrogens is 350 g/mol. The lowest BCUT2D eigenvalue weighted by atomic mass is 10.0. The van der Waals surface area contributed by atoms with Crippen LogP contribution in [0.2, 0.25) is 5.02 Å². The second-order valence-electron chi connectivity index (χ2n) is 5.02. The van der Waals surface area contributed by atoms with Gasteiger partial charge in [-0.1, -0.05) is 58.7 Å². The molecule has 2 aromatic carbocycles. The lowest BCUT2D eigenvalue weighted by Crippen LogP contribution is -2.21. The average Bonchev–Trinajstić information content (AvgIpc) is 2.48. The fraction of sp³-hybridized carbons (Fsp3) is 0.294. The predicted octanol–water partition coefficient (Wildman–Crippen LogP) is 4.96. The van der Waals surface area contributed by atoms with Crippen LogP contribution in [0, 0.1) is 0 Å². The molecule has 21 heavy (non-hydrogen) atoms. The molecule has 2 rings (SSSR count). The van der Waals surface area contributed by atoms with E-state index >= 15 is 0 Å². The Bertz CT molecular complexity index is 586. The van der Waals surface area contributed by atoms with Gasteiger partial charge in [-0.15, -0.1) is 0 Å². The Morgan fingerprint density at radius 2 is 1.90 bits per heavy atom. The number of nitrogens with two attached hydrogens (primary N) is 1. The lowest BCUT2D eigenvalue weighted by molar-refractivity contribution is 0.302. The lowest BCUT2D eigenvalue weighted by Gasteiger charge is -2.16. The van der Waals surface area contributed by atoms with Gasteiger partial charge in [0.1, 0.15) is 12.4 Å². The molecular formula is C17H19BrClNO. The van der Waals surface area contributed by atoms with Crippen molar-refractivity contribution >= 4 is 27.5 Å². The summed E-state index contributed by atoms with van der Waals surface area (Å²) in [5.41, 5.74) is 8.21. The third kappa shape index (κ3) is 4.73. The van der Waals surface area contributed by atoms with E-state index in [0.717, 1.165) is 34.2 Å². The number of rotatable bonds is 6. The van der Waals surface area contributed by atoms with Crippen molar-refractivity contribution < 1.29 is 4.74 Å². The fourth-order valence-electron chi connectivity index (χ4n) is 2.04. The van der Waals surface area contributed by atoms with E-state index in [1.54, 1.807) is 0 Å². The van der Waals surface area contributed by atoms with Crippen LogP contribution in [0.15, 0.2) is 46.9 Å². The Kier molecular flexibility index (Phi) is 6.09. The van der Waals surface area contributed by atoms with Crippen LogP contribution in [0.5, 0.6) is 5.75 Å². The van der Waals surface area contributed by atoms with Gasteiger partial charge in [0.25, 0.3) is 0 Å². The van der Waals surface area contributed by atoms with Gasteiger partial charge in [-0.3, -0.25) is 0 Å². The molecule has 0 radical (unpaired) electrons. The standard InChI is InChI=1S/C17H19BrClNO/c1-2-15(20)10-13-4-3-5-16(19)17(13)21-11-12-6-8-14(18)9-7-12/h3-9,15H,2,10-11,20H2,1H3. The summed E-state index contributed by atoms with van der Waals surface area (Å²) in [5, 5.41) is 0.632. The molecule has 0 fully saturated rings. The molecule has 0 aliphatic rings. The van der Waals surface area contributed by atoms with Crippen molar-refractivity contribution in [3.05, 3.63) is 63.1 Å². The monoisotopic (exact) mass is 367 g/mol. The number of halogens is 2. The molecule has 2 N–H and O–H groups in total. The van der Waals surface area contributed by atoms with Gasteiger partial charge in [0.15, 0.2) is 0 Å². The molecule has 1 unspecified atom stereocenters. The Labute approximate surface area is 139 Å². The summed E-state index contributed by atoms with van der Waals surface area (Å²) in [6, 6.07) is 14.0. The van der Waals surface area contributed by atoms with Gasteiger partial charge in [-0.2, -0.15) is 0 Å². The van der Waals surface area contributed by atoms with Crippen molar-refractivity contribution in [3.8, 4) is 5.75 Å². The van der Waals surface area contributed by atoms with Crippen LogP contribution in [-0.2, 0) is 13.0 Å². The molecule has 0 aliphatic heterocycles. The molecule has 1 atom stereocenters. The number of ether oxygens (including phenoxy) is 1. The maximum absolute atomic E-state index is 6.27. The number of hydrogen-bond donors (Lipinski definition) is 1. The van der Waals surface area contributed by atoms with Crippen LogP contribution in [-0.4, -0.2) is 6.04 Å². The molecule has 0 aromatic heterocycles. The number of hydrogen-bond acceptors (Lipinski definition) is 2. The minimum Gasteiger partial charge on any atom is -0.487 e. The van der Waals surface area contributed by atoms with E-state index in [2.05, 4.69) is 22.9 Å². The van der Waals surface area contributed by atoms with Crippen molar-refractivity contribution in [2.45, 2.75) is 32.4 Å². The van der Waals surface area contributed by atoms with Gasteiger partial charge in [-0.05, 0) is 42.2 Å². The second kappa shape index (κ2) is 7.83. The van der Waals surface area contributed by atoms with E-state index in [4.69, 9.17) is 22.1 Å². The highest BCUT2D eigenvalue weighted by atomic mass is 79.9. The van der Waals surface area contributed by atoms with Crippen LogP contribution in [0.1, 0.15) is 24.5 Å². The molecule has 0 saturated carbocycles. The Morgan fingerprint density at radius 1 is 1.19 bits per heavy atom. The van der Waals surface area contributed by atoms with Crippen molar-refractivity contribution in [2.75, 3.05) is 0 Å². The van der Waals surface area contributed by atoms with Crippen molar-refractivity contribution in [1.29, 1.82) is 0 Å². The van der Waals surface area contributed by atoms with Crippen molar-refractivity contribution in [2.24, 2.45) is 5.73 Å². The quantitative estimate of drug-likeness (QED) is 0.782. The summed E-state index contributed by atoms with van der Waals surface area (Å²) in [5.74, 6) is 0.742. The van der Waals surface area contributed by atoms with E-state index in [0.29, 0.717) is 11.6 Å². The summed E-state index contributed by atoms with van der Waals surface area (Å²) >= 11 is 9.70. The van der Waals surface area contributed by atoms with E-state index < -0.39 is 0 Å². The van der Waals surface area contributed by atoms with Crippen LogP contribution in [0.4, 0.5) is 0 Å². The zero-order chi connectivity index (χ0) is 15.2. The first-order valence-corrected chi connectivity index (χ1v) is 8.17. The fourth-order valence-corrected chi connectivity index (χ4v) is 2.55. The van der Waals surface area contributed by atoms with Gasteiger partial charge >= 0.3 is 0 Å². The molecule has 0 saturated heterocycles. The van der Waals surface area contributed by atoms with Crippen LogP contribution in [0.3, 0.4) is 0 Å². The van der Waals surface area contributed by atoms with Gasteiger partial charge in [0, 0.05) is 10.5 Å². The first-order chi connectivity index (χ1) is 10.1. The molecule has 0 bridgehead atoms. The second-order valence-corrected chi connectivity index (χ2v) is 6.34. The molecule has 2 aromatic rings. The smallest absolute Gasteiger partial charge is 0.141 e. The predicted molar refractivity (Wildman–Crippen MR) is 91.9 cm³/mol. The number of para-hydroxylation sites is 1. The topological polar surface area (TPSA) is 35.2 Å². The molecule has 0 amide bonds. The third-order valence-corrected chi connectivity index (χ3v) is 4.18. The van der Waals surface area contributed by atoms with E-state index in [1.807, 2.05) is 42.5 Å². The zero-order valence-corrected chi connectivity index (χ0v) is 14.3. The van der Waals surface area contributed by atoms with Crippen LogP contribution >= 0.6 is 27.5 Å². The normalized spacial score (nSPS) is 12.2. The van der Waals surface area contributed by atoms with Crippen molar-refractivity contribution in [3.63, 3.8) is 0 Å². The van der Waals surface area contributed by atoms with Gasteiger partial charge in [0.2, 0.25) is 0 Å². The SMILES string of the molecule is CCC(N)Cc1cccc(Cl)c1OCc1ccc(Br)cc1. The van der Waals surface area contributed by atoms with Gasteiger partial charge in [0.05, 0.1) is 5.02 Å². The first-order valence-electron chi connectivity index (χ1n) is 7.00. The molecule has 112 valence electrons. The largest absolute Gasteiger partial charge is 0.487 e. The Morgan fingerprint density at radius 3 is 2.57 bits per heavy atom. The van der Waals surface area contributed by atoms with Gasteiger partial charge in [-0.25, -0.2) is 0 Å². The Hall–Kier alpha value is -1.03. The van der Waals surface area contributed by atoms with E-state index in [1.165, 1.54) is 0 Å². The molecule has 0 heterocycles. The minimum absolute atomic E-state index is 0.124. The first kappa shape index (κ1) is 16.3. The summed E-state index contributed by atoms with van der Waals surface area (Å²) in [7, 11) is 0. The summed E-state index contributed by atoms with van der Waals surface area (Å²) < 4.78 is 6.99. The zero-order valence-electron chi connectivity index (χ0n) is 12.0. The van der Waals surface area contributed by atoms with E-state index in [9.17, 15) is 0 Å². The van der Waals surface area contributed by atoms with Crippen molar-refractivity contribution in [1.82, 2.24) is 0 Å². The van der Waals surface area contributed by atoms with Crippen LogP contribution < -0.4 is 10.5 Å². The van der Waals surface area contributed by atoms with Gasteiger partial charge < -0.3 is 10.5 Å². The molecule has 0 spiro atoms. The Balaban J connectivity index is 2.12. The molecule has 0 aliphatic carbocycles. The summed E-state index contributed by atoms with van der Waals surface area (Å²) in [6.07, 6.45) is 1.70. The summed E-state index contributed by atoms with van der Waals surface area (Å²) in [4.78, 5) is 0. The number of benzene rings is 2. The minimum atomic E-state index is 0.124. The van der Waals surface area contributed by atoms with E-state index in [-0.39, 0.29) is 6.04 Å². The molecule has 4 heteroatoms. The average molecular weight is 369 g/mol. The third-order valence-electron chi connectivity index (χ3n) is 3.35. The maximum atomic E-state index is 6.27. The van der Waals surface area contributed by atoms with Crippen LogP contribution in [0.25, 0.3) is 0 Å². The highest BCUT2D eigenvalue weighted by Gasteiger charge is 2.11.